The second-order valence-corrected chi connectivity index (χ2v) is 4.59. The highest BCUT2D eigenvalue weighted by Gasteiger charge is 2.09. The van der Waals surface area contributed by atoms with Crippen molar-refractivity contribution in [2.75, 3.05) is 13.6 Å². The number of fused-ring (bicyclic) bond motifs is 1. The van der Waals surface area contributed by atoms with Gasteiger partial charge < -0.3 is 5.32 Å². The summed E-state index contributed by atoms with van der Waals surface area (Å²) in [6.45, 7) is 1.01. The third kappa shape index (κ3) is 2.07. The fourth-order valence-electron chi connectivity index (χ4n) is 1.88. The van der Waals surface area contributed by atoms with E-state index in [0.29, 0.717) is 0 Å². The van der Waals surface area contributed by atoms with Crippen LogP contribution in [0.2, 0.25) is 0 Å². The monoisotopic (exact) mass is 251 g/mol. The highest BCUT2D eigenvalue weighted by Crippen LogP contribution is 2.26. The van der Waals surface area contributed by atoms with Gasteiger partial charge in [0.25, 0.3) is 0 Å². The highest BCUT2D eigenvalue weighted by atomic mass is 79.9. The molecule has 74 valence electrons. The largest absolute Gasteiger partial charge is 0.316 e. The number of aryl methyl sites for hydroxylation is 1. The van der Waals surface area contributed by atoms with Crippen LogP contribution in [0.4, 0.5) is 0 Å². The van der Waals surface area contributed by atoms with Crippen molar-refractivity contribution in [1.29, 1.82) is 0 Å². The lowest BCUT2D eigenvalue weighted by molar-refractivity contribution is 0.809. The third-order valence-corrected chi connectivity index (χ3v) is 3.08. The van der Waals surface area contributed by atoms with Crippen LogP contribution in [0, 0.1) is 0 Å². The summed E-state index contributed by atoms with van der Waals surface area (Å²) in [5.41, 5.74) is 4.34. The molecular formula is C12H14BrN. The summed E-state index contributed by atoms with van der Waals surface area (Å²) in [5.74, 6) is 0. The Kier molecular flexibility index (Phi) is 3.04. The number of hydrogen-bond donors (Lipinski definition) is 1. The number of hydrogen-bond acceptors (Lipinski definition) is 1. The Balaban J connectivity index is 2.32. The molecule has 0 unspecified atom stereocenters. The van der Waals surface area contributed by atoms with Crippen molar-refractivity contribution in [2.24, 2.45) is 0 Å². The van der Waals surface area contributed by atoms with E-state index >= 15 is 0 Å². The van der Waals surface area contributed by atoms with Crippen LogP contribution in [0.1, 0.15) is 17.5 Å². The Bertz CT molecular complexity index is 369. The maximum atomic E-state index is 3.50. The number of likely N-dealkylation sites (N-methyl/N-ethyl adjacent to an activating group) is 1. The molecule has 1 aromatic rings. The van der Waals surface area contributed by atoms with E-state index in [1.54, 1.807) is 0 Å². The Morgan fingerprint density at radius 3 is 3.00 bits per heavy atom. The molecule has 0 radical (unpaired) electrons. The number of benzene rings is 1. The van der Waals surface area contributed by atoms with Crippen molar-refractivity contribution < 1.29 is 0 Å². The minimum atomic E-state index is 1.01. The summed E-state index contributed by atoms with van der Waals surface area (Å²) >= 11 is 3.50. The minimum Gasteiger partial charge on any atom is -0.316 e. The summed E-state index contributed by atoms with van der Waals surface area (Å²) < 4.78 is 1.17. The minimum absolute atomic E-state index is 1.01. The highest BCUT2D eigenvalue weighted by molar-refractivity contribution is 9.10. The molecule has 2 heteroatoms. The SMILES string of the molecule is CNCC1=Cc2cc(Br)ccc2CC1. The van der Waals surface area contributed by atoms with Crippen LogP contribution in [0.5, 0.6) is 0 Å². The lowest BCUT2D eigenvalue weighted by Crippen LogP contribution is -2.13. The van der Waals surface area contributed by atoms with Gasteiger partial charge in [-0.1, -0.05) is 33.6 Å². The molecule has 0 fully saturated rings. The van der Waals surface area contributed by atoms with Gasteiger partial charge in [-0.05, 0) is 43.1 Å². The van der Waals surface area contributed by atoms with Crippen molar-refractivity contribution in [2.45, 2.75) is 12.8 Å². The summed E-state index contributed by atoms with van der Waals surface area (Å²) in [5, 5.41) is 3.20. The lowest BCUT2D eigenvalue weighted by Gasteiger charge is -2.16. The predicted octanol–water partition coefficient (Wildman–Crippen LogP) is 3.00. The van der Waals surface area contributed by atoms with Gasteiger partial charge in [0.1, 0.15) is 0 Å². The van der Waals surface area contributed by atoms with Crippen LogP contribution in [0.15, 0.2) is 28.2 Å². The smallest absolute Gasteiger partial charge is 0.0181 e. The van der Waals surface area contributed by atoms with Crippen molar-refractivity contribution in [1.82, 2.24) is 5.32 Å². The van der Waals surface area contributed by atoms with E-state index in [1.165, 1.54) is 34.0 Å². The molecule has 1 aromatic carbocycles. The maximum Gasteiger partial charge on any atom is 0.0181 e. The molecule has 0 amide bonds. The van der Waals surface area contributed by atoms with Crippen LogP contribution >= 0.6 is 15.9 Å². The number of rotatable bonds is 2. The zero-order valence-electron chi connectivity index (χ0n) is 8.31. The fraction of sp³-hybridized carbons (Fsp3) is 0.333. The van der Waals surface area contributed by atoms with Crippen LogP contribution in [0.25, 0.3) is 6.08 Å². The van der Waals surface area contributed by atoms with Gasteiger partial charge in [-0.2, -0.15) is 0 Å². The molecule has 1 nitrogen and oxygen atoms in total. The standard InChI is InChI=1S/C12H14BrN/c1-14-8-9-2-3-10-4-5-12(13)7-11(10)6-9/h4-7,14H,2-3,8H2,1H3. The Morgan fingerprint density at radius 1 is 1.36 bits per heavy atom. The molecule has 0 aliphatic heterocycles. The summed E-state index contributed by atoms with van der Waals surface area (Å²) in [7, 11) is 2.00. The van der Waals surface area contributed by atoms with Gasteiger partial charge in [0.05, 0.1) is 0 Å². The fourth-order valence-corrected chi connectivity index (χ4v) is 2.26. The predicted molar refractivity (Wildman–Crippen MR) is 64.4 cm³/mol. The normalized spacial score (nSPS) is 14.9. The van der Waals surface area contributed by atoms with Gasteiger partial charge in [-0.3, -0.25) is 0 Å². The average Bonchev–Trinajstić information content (AvgIpc) is 2.17. The van der Waals surface area contributed by atoms with Gasteiger partial charge in [0, 0.05) is 11.0 Å². The Morgan fingerprint density at radius 2 is 2.21 bits per heavy atom. The van der Waals surface area contributed by atoms with Crippen molar-refractivity contribution in [3.05, 3.63) is 39.4 Å². The first-order valence-corrected chi connectivity index (χ1v) is 5.71. The van der Waals surface area contributed by atoms with Crippen molar-refractivity contribution >= 4 is 22.0 Å². The quantitative estimate of drug-likeness (QED) is 0.853. The van der Waals surface area contributed by atoms with E-state index in [-0.39, 0.29) is 0 Å². The van der Waals surface area contributed by atoms with Crippen molar-refractivity contribution in [3.63, 3.8) is 0 Å². The van der Waals surface area contributed by atoms with E-state index in [1.807, 2.05) is 7.05 Å². The van der Waals surface area contributed by atoms with Gasteiger partial charge in [-0.25, -0.2) is 0 Å². The Hall–Kier alpha value is -0.600. The molecule has 0 bridgehead atoms. The molecule has 0 spiro atoms. The summed E-state index contributed by atoms with van der Waals surface area (Å²) in [6, 6.07) is 6.53. The zero-order chi connectivity index (χ0) is 9.97. The molecule has 0 saturated heterocycles. The number of nitrogens with one attached hydrogen (secondary N) is 1. The van der Waals surface area contributed by atoms with Gasteiger partial charge in [0.15, 0.2) is 0 Å². The first-order valence-electron chi connectivity index (χ1n) is 4.92. The maximum absolute atomic E-state index is 3.50. The van der Waals surface area contributed by atoms with E-state index < -0.39 is 0 Å². The third-order valence-electron chi connectivity index (χ3n) is 2.59. The molecule has 0 heterocycles. The van der Waals surface area contributed by atoms with Crippen LogP contribution in [-0.2, 0) is 6.42 Å². The van der Waals surface area contributed by atoms with E-state index in [2.05, 4.69) is 45.5 Å². The lowest BCUT2D eigenvalue weighted by atomic mass is 9.92. The first kappa shape index (κ1) is 9.94. The topological polar surface area (TPSA) is 12.0 Å². The molecule has 2 rings (SSSR count). The van der Waals surface area contributed by atoms with E-state index in [4.69, 9.17) is 0 Å². The van der Waals surface area contributed by atoms with Crippen molar-refractivity contribution in [3.8, 4) is 0 Å². The Labute approximate surface area is 93.3 Å². The molecule has 14 heavy (non-hydrogen) atoms. The van der Waals surface area contributed by atoms with Gasteiger partial charge >= 0.3 is 0 Å². The van der Waals surface area contributed by atoms with Crippen LogP contribution < -0.4 is 5.32 Å². The first-order chi connectivity index (χ1) is 6.79. The van der Waals surface area contributed by atoms with E-state index in [0.717, 1.165) is 6.54 Å². The van der Waals surface area contributed by atoms with Crippen LogP contribution in [-0.4, -0.2) is 13.6 Å². The average molecular weight is 252 g/mol. The summed E-state index contributed by atoms with van der Waals surface area (Å²) in [4.78, 5) is 0. The molecule has 0 saturated carbocycles. The van der Waals surface area contributed by atoms with Gasteiger partial charge in [-0.15, -0.1) is 0 Å². The second kappa shape index (κ2) is 4.28. The molecule has 1 N–H and O–H groups in total. The molecule has 1 aliphatic rings. The molecule has 0 atom stereocenters. The molecular weight excluding hydrogens is 238 g/mol. The second-order valence-electron chi connectivity index (χ2n) is 3.68. The van der Waals surface area contributed by atoms with E-state index in [9.17, 15) is 0 Å². The number of halogens is 1. The zero-order valence-corrected chi connectivity index (χ0v) is 9.89. The molecule has 1 aliphatic carbocycles. The van der Waals surface area contributed by atoms with Crippen LogP contribution in [0.3, 0.4) is 0 Å². The molecule has 0 aromatic heterocycles. The van der Waals surface area contributed by atoms with Gasteiger partial charge in [0.2, 0.25) is 0 Å². The summed E-state index contributed by atoms with van der Waals surface area (Å²) in [6.07, 6.45) is 4.67.